The molecule has 1 rings (SSSR count). The zero-order valence-corrected chi connectivity index (χ0v) is 9.30. The molecule has 0 aromatic heterocycles. The number of benzene rings is 1. The average molecular weight is 263 g/mol. The topological polar surface area (TPSA) is 38.0 Å². The Morgan fingerprint density at radius 1 is 1.62 bits per heavy atom. The number of nitrogens with one attached hydrogen (secondary N) is 1. The maximum absolute atomic E-state index is 13.1. The molecule has 1 aromatic carbocycles. The van der Waals surface area contributed by atoms with Gasteiger partial charge in [0.1, 0.15) is 5.82 Å². The van der Waals surface area contributed by atoms with Gasteiger partial charge in [-0.3, -0.25) is 0 Å². The summed E-state index contributed by atoms with van der Waals surface area (Å²) < 4.78 is 13.5. The summed E-state index contributed by atoms with van der Waals surface area (Å²) in [4.78, 5) is 0. The third kappa shape index (κ3) is 2.63. The minimum absolute atomic E-state index is 0.116. The lowest BCUT2D eigenvalue weighted by Gasteiger charge is -2.08. The quantitative estimate of drug-likeness (QED) is 0.765. The molecule has 0 bridgehead atoms. The lowest BCUT2D eigenvalue weighted by Crippen LogP contribution is -2.19. The summed E-state index contributed by atoms with van der Waals surface area (Å²) in [5.74, 6) is -0.334. The van der Waals surface area contributed by atoms with Gasteiger partial charge < -0.3 is 11.1 Å². The Balaban J connectivity index is 3.12. The summed E-state index contributed by atoms with van der Waals surface area (Å²) >= 11 is 7.74. The minimum atomic E-state index is -0.334. The van der Waals surface area contributed by atoms with Gasteiger partial charge in [-0.1, -0.05) is 0 Å². The molecule has 0 amide bonds. The molecule has 5 heteroatoms. The van der Waals surface area contributed by atoms with Gasteiger partial charge in [-0.15, -0.1) is 0 Å². The van der Waals surface area contributed by atoms with Crippen molar-refractivity contribution in [1.29, 1.82) is 0 Å². The van der Waals surface area contributed by atoms with E-state index in [1.165, 1.54) is 6.07 Å². The van der Waals surface area contributed by atoms with Crippen LogP contribution in [0.15, 0.2) is 16.6 Å². The molecule has 0 aliphatic carbocycles. The van der Waals surface area contributed by atoms with Crippen LogP contribution >= 0.6 is 28.1 Å². The van der Waals surface area contributed by atoms with Crippen molar-refractivity contribution in [1.82, 2.24) is 0 Å². The van der Waals surface area contributed by atoms with Crippen molar-refractivity contribution in [2.24, 2.45) is 5.73 Å². The summed E-state index contributed by atoms with van der Waals surface area (Å²) in [7, 11) is 0. The molecule has 3 N–H and O–H groups in total. The predicted molar refractivity (Wildman–Crippen MR) is 59.2 cm³/mol. The number of thiocarbonyl (C=S) groups is 1. The molecule has 0 atom stereocenters. The molecular weight excluding hydrogens is 255 g/mol. The van der Waals surface area contributed by atoms with Gasteiger partial charge in [-0.2, -0.15) is 0 Å². The molecule has 2 nitrogen and oxygen atoms in total. The second kappa shape index (κ2) is 4.02. The van der Waals surface area contributed by atoms with Gasteiger partial charge in [0.25, 0.3) is 0 Å². The fourth-order valence-corrected chi connectivity index (χ4v) is 1.39. The van der Waals surface area contributed by atoms with Crippen LogP contribution in [0.3, 0.4) is 0 Å². The summed E-state index contributed by atoms with van der Waals surface area (Å²) in [6, 6.07) is 3.18. The van der Waals surface area contributed by atoms with Crippen molar-refractivity contribution >= 4 is 38.9 Å². The van der Waals surface area contributed by atoms with Crippen molar-refractivity contribution in [2.75, 3.05) is 5.32 Å². The highest BCUT2D eigenvalue weighted by Crippen LogP contribution is 2.26. The zero-order valence-electron chi connectivity index (χ0n) is 6.90. The zero-order chi connectivity index (χ0) is 10.0. The van der Waals surface area contributed by atoms with E-state index < -0.39 is 0 Å². The van der Waals surface area contributed by atoms with Gasteiger partial charge in [-0.25, -0.2) is 4.39 Å². The smallest absolute Gasteiger partial charge is 0.168 e. The van der Waals surface area contributed by atoms with Crippen LogP contribution in [0.4, 0.5) is 10.1 Å². The molecule has 0 fully saturated rings. The van der Waals surface area contributed by atoms with E-state index in [1.54, 1.807) is 13.0 Å². The minimum Gasteiger partial charge on any atom is -0.376 e. The maximum Gasteiger partial charge on any atom is 0.168 e. The fraction of sp³-hybridized carbons (Fsp3) is 0.125. The lowest BCUT2D eigenvalue weighted by molar-refractivity contribution is 0.621. The molecule has 0 aliphatic heterocycles. The van der Waals surface area contributed by atoms with Crippen molar-refractivity contribution in [2.45, 2.75) is 6.92 Å². The van der Waals surface area contributed by atoms with Gasteiger partial charge in [0.15, 0.2) is 5.11 Å². The second-order valence-corrected chi connectivity index (χ2v) is 3.83. The molecule has 0 heterocycles. The Labute approximate surface area is 89.4 Å². The molecule has 0 saturated carbocycles. The molecule has 0 aliphatic rings. The Kier molecular flexibility index (Phi) is 3.22. The number of aryl methyl sites for hydroxylation is 1. The molecule has 0 spiro atoms. The highest BCUT2D eigenvalue weighted by Gasteiger charge is 2.06. The molecule has 1 aromatic rings. The number of halogens is 2. The van der Waals surface area contributed by atoms with Gasteiger partial charge in [0.05, 0.1) is 10.2 Å². The largest absolute Gasteiger partial charge is 0.376 e. The Morgan fingerprint density at radius 3 is 2.77 bits per heavy atom. The van der Waals surface area contributed by atoms with E-state index >= 15 is 0 Å². The van der Waals surface area contributed by atoms with Gasteiger partial charge in [0, 0.05) is 0 Å². The number of nitrogens with two attached hydrogens (primary N) is 1. The first kappa shape index (κ1) is 10.4. The fourth-order valence-electron chi connectivity index (χ4n) is 0.948. The van der Waals surface area contributed by atoms with Crippen LogP contribution in [0.5, 0.6) is 0 Å². The predicted octanol–water partition coefficient (Wildman–Crippen LogP) is 2.55. The summed E-state index contributed by atoms with van der Waals surface area (Å²) in [5, 5.41) is 2.79. The van der Waals surface area contributed by atoms with Crippen LogP contribution in [-0.2, 0) is 0 Å². The van der Waals surface area contributed by atoms with Crippen molar-refractivity contribution < 1.29 is 4.39 Å². The highest BCUT2D eigenvalue weighted by atomic mass is 79.9. The van der Waals surface area contributed by atoms with Crippen molar-refractivity contribution in [3.63, 3.8) is 0 Å². The molecule has 13 heavy (non-hydrogen) atoms. The van der Waals surface area contributed by atoms with Crippen LogP contribution in [0.25, 0.3) is 0 Å². The third-order valence-corrected chi connectivity index (χ3v) is 2.34. The first-order valence-corrected chi connectivity index (χ1v) is 4.73. The average Bonchev–Trinajstić information content (AvgIpc) is 1.98. The van der Waals surface area contributed by atoms with E-state index in [0.717, 1.165) is 5.56 Å². The SMILES string of the molecule is Cc1cc(F)c(Br)c(NC(N)=S)c1. The van der Waals surface area contributed by atoms with E-state index in [2.05, 4.69) is 33.5 Å². The van der Waals surface area contributed by atoms with Crippen molar-refractivity contribution in [3.05, 3.63) is 28.0 Å². The number of anilines is 1. The second-order valence-electron chi connectivity index (χ2n) is 2.60. The van der Waals surface area contributed by atoms with Crippen molar-refractivity contribution in [3.8, 4) is 0 Å². The summed E-state index contributed by atoms with van der Waals surface area (Å²) in [5.41, 5.74) is 6.62. The Bertz CT molecular complexity index is 354. The Hall–Kier alpha value is -0.680. The maximum atomic E-state index is 13.1. The van der Waals surface area contributed by atoms with E-state index in [1.807, 2.05) is 0 Å². The summed E-state index contributed by atoms with van der Waals surface area (Å²) in [6.07, 6.45) is 0. The number of rotatable bonds is 1. The van der Waals surface area contributed by atoms with Gasteiger partial charge >= 0.3 is 0 Å². The Morgan fingerprint density at radius 2 is 2.23 bits per heavy atom. The van der Waals surface area contributed by atoms with E-state index in [0.29, 0.717) is 10.2 Å². The monoisotopic (exact) mass is 262 g/mol. The third-order valence-electron chi connectivity index (χ3n) is 1.43. The highest BCUT2D eigenvalue weighted by molar-refractivity contribution is 9.10. The molecule has 70 valence electrons. The normalized spacial score (nSPS) is 9.77. The van der Waals surface area contributed by atoms with Gasteiger partial charge in [0.2, 0.25) is 0 Å². The first-order valence-electron chi connectivity index (χ1n) is 3.53. The number of hydrogen-bond donors (Lipinski definition) is 2. The van der Waals surface area contributed by atoms with E-state index in [4.69, 9.17) is 5.73 Å². The van der Waals surface area contributed by atoms with Crippen LogP contribution in [0.2, 0.25) is 0 Å². The molecule has 0 saturated heterocycles. The van der Waals surface area contributed by atoms with Crippen LogP contribution < -0.4 is 11.1 Å². The van der Waals surface area contributed by atoms with Crippen LogP contribution in [0.1, 0.15) is 5.56 Å². The first-order chi connectivity index (χ1) is 6.00. The van der Waals surface area contributed by atoms with E-state index in [9.17, 15) is 4.39 Å². The number of hydrogen-bond acceptors (Lipinski definition) is 1. The lowest BCUT2D eigenvalue weighted by atomic mass is 10.2. The van der Waals surface area contributed by atoms with Crippen LogP contribution in [-0.4, -0.2) is 5.11 Å². The molecule has 0 unspecified atom stereocenters. The van der Waals surface area contributed by atoms with Gasteiger partial charge in [-0.05, 0) is 52.8 Å². The molecule has 0 radical (unpaired) electrons. The summed E-state index contributed by atoms with van der Waals surface area (Å²) in [6.45, 7) is 1.79. The van der Waals surface area contributed by atoms with Crippen LogP contribution in [0, 0.1) is 12.7 Å². The standard InChI is InChI=1S/C8H8BrFN2S/c1-4-2-5(10)7(9)6(3-4)12-8(11)13/h2-3H,1H3,(H3,11,12,13). The molecular formula is C8H8BrFN2S. The van der Waals surface area contributed by atoms with E-state index in [-0.39, 0.29) is 10.9 Å².